The number of rotatable bonds is 1. The molecular formula is C8H10OP+. The summed E-state index contributed by atoms with van der Waals surface area (Å²) in [5.41, 5.74) is 0.230. The van der Waals surface area contributed by atoms with Crippen molar-refractivity contribution in [2.24, 2.45) is 11.3 Å². The molecule has 2 heteroatoms. The average Bonchev–Trinajstić information content (AvgIpc) is 2.46. The first kappa shape index (κ1) is 6.54. The molecule has 1 fully saturated rings. The first-order chi connectivity index (χ1) is 4.85. The van der Waals surface area contributed by atoms with Gasteiger partial charge >= 0.3 is 61.2 Å². The number of allylic oxidation sites excluding steroid dienone is 2. The van der Waals surface area contributed by atoms with E-state index in [1.165, 1.54) is 19.3 Å². The topological polar surface area (TPSA) is 17.1 Å². The van der Waals surface area contributed by atoms with Gasteiger partial charge in [-0.25, -0.2) is 0 Å². The molecule has 0 spiro atoms. The quantitative estimate of drug-likeness (QED) is 0.417. The fraction of sp³-hybridized carbons (Fsp3) is 0.625. The fourth-order valence-corrected chi connectivity index (χ4v) is 2.59. The summed E-state index contributed by atoms with van der Waals surface area (Å²) in [5.74, 6) is 2.70. The molecule has 0 amide bonds. The van der Waals surface area contributed by atoms with Crippen molar-refractivity contribution in [3.63, 3.8) is 0 Å². The first-order valence-electron chi connectivity index (χ1n) is 3.71. The molecule has 0 aromatic heterocycles. The fourth-order valence-electron chi connectivity index (χ4n) is 2.06. The van der Waals surface area contributed by atoms with Crippen molar-refractivity contribution in [1.82, 2.24) is 0 Å². The monoisotopic (exact) mass is 153 g/mol. The van der Waals surface area contributed by atoms with Gasteiger partial charge < -0.3 is 0 Å². The van der Waals surface area contributed by atoms with Crippen LogP contribution in [0.5, 0.6) is 0 Å². The molecule has 2 rings (SSSR count). The number of fused-ring (bicyclic) bond motifs is 2. The van der Waals surface area contributed by atoms with E-state index in [0.29, 0.717) is 0 Å². The summed E-state index contributed by atoms with van der Waals surface area (Å²) in [6.07, 6.45) is 8.21. The minimum atomic E-state index is 0.196. The zero-order valence-corrected chi connectivity index (χ0v) is 6.68. The van der Waals surface area contributed by atoms with Crippen LogP contribution in [-0.2, 0) is 4.57 Å². The van der Waals surface area contributed by atoms with Gasteiger partial charge in [0.15, 0.2) is 0 Å². The second-order valence-corrected chi connectivity index (χ2v) is 3.80. The Kier molecular flexibility index (Phi) is 1.42. The molecule has 1 saturated carbocycles. The van der Waals surface area contributed by atoms with Gasteiger partial charge in [-0.1, -0.05) is 0 Å². The van der Waals surface area contributed by atoms with Gasteiger partial charge in [-0.15, -0.1) is 0 Å². The van der Waals surface area contributed by atoms with Crippen LogP contribution in [0, 0.1) is 11.3 Å². The maximum absolute atomic E-state index is 10.4. The Bertz CT molecular complexity index is 227. The van der Waals surface area contributed by atoms with Crippen molar-refractivity contribution in [3.05, 3.63) is 12.2 Å². The third-order valence-electron chi connectivity index (χ3n) is 2.63. The molecule has 0 aromatic carbocycles. The molecule has 0 radical (unpaired) electrons. The molecule has 52 valence electrons. The van der Waals surface area contributed by atoms with Crippen LogP contribution >= 0.6 is 8.08 Å². The van der Waals surface area contributed by atoms with Crippen LogP contribution in [0.2, 0.25) is 0 Å². The third-order valence-corrected chi connectivity index (χ3v) is 3.25. The Morgan fingerprint density at radius 3 is 3.00 bits per heavy atom. The Hall–Kier alpha value is -0.160. The van der Waals surface area contributed by atoms with E-state index in [-0.39, 0.29) is 13.5 Å². The van der Waals surface area contributed by atoms with Crippen molar-refractivity contribution in [2.75, 3.05) is 0 Å². The van der Waals surface area contributed by atoms with E-state index in [9.17, 15) is 4.57 Å². The third kappa shape index (κ3) is 0.845. The van der Waals surface area contributed by atoms with Crippen LogP contribution in [0.25, 0.3) is 0 Å². The van der Waals surface area contributed by atoms with E-state index in [0.717, 1.165) is 5.92 Å². The molecule has 0 aromatic rings. The van der Waals surface area contributed by atoms with Gasteiger partial charge in [0.2, 0.25) is 0 Å². The summed E-state index contributed by atoms with van der Waals surface area (Å²) in [6, 6.07) is 0. The van der Waals surface area contributed by atoms with E-state index in [1.54, 1.807) is 0 Å². The molecule has 2 atom stereocenters. The minimum absolute atomic E-state index is 0.196. The summed E-state index contributed by atoms with van der Waals surface area (Å²) in [4.78, 5) is 0. The van der Waals surface area contributed by atoms with Crippen LogP contribution in [0.1, 0.15) is 19.3 Å². The van der Waals surface area contributed by atoms with Crippen LogP contribution < -0.4 is 0 Å². The van der Waals surface area contributed by atoms with Gasteiger partial charge in [0.1, 0.15) is 0 Å². The standard InChI is InChI=1S/C8H10OP/c9-10-6-8-3-1-7(5-8)2-4-8/h1,3,6-7H,2,4-5H2/q+1. The van der Waals surface area contributed by atoms with E-state index in [2.05, 4.69) is 12.2 Å². The predicted octanol–water partition coefficient (Wildman–Crippen LogP) is 2.44. The summed E-state index contributed by atoms with van der Waals surface area (Å²) in [7, 11) is 0.196. The second kappa shape index (κ2) is 2.17. The predicted molar refractivity (Wildman–Crippen MR) is 42.6 cm³/mol. The Labute approximate surface area is 62.0 Å². The Balaban J connectivity index is 2.32. The van der Waals surface area contributed by atoms with Crippen molar-refractivity contribution in [1.29, 1.82) is 0 Å². The van der Waals surface area contributed by atoms with Crippen molar-refractivity contribution >= 4 is 13.9 Å². The van der Waals surface area contributed by atoms with Crippen molar-refractivity contribution < 1.29 is 4.57 Å². The van der Waals surface area contributed by atoms with Gasteiger partial charge in [0, 0.05) is 0 Å². The van der Waals surface area contributed by atoms with Gasteiger partial charge in [0.05, 0.1) is 0 Å². The molecule has 2 aliphatic rings. The van der Waals surface area contributed by atoms with Gasteiger partial charge in [0.25, 0.3) is 0 Å². The Morgan fingerprint density at radius 1 is 1.70 bits per heavy atom. The first-order valence-corrected chi connectivity index (χ1v) is 4.59. The molecule has 0 saturated heterocycles. The van der Waals surface area contributed by atoms with E-state index in [1.807, 2.05) is 5.80 Å². The van der Waals surface area contributed by atoms with Gasteiger partial charge in [-0.05, 0) is 0 Å². The zero-order valence-electron chi connectivity index (χ0n) is 5.79. The van der Waals surface area contributed by atoms with E-state index in [4.69, 9.17) is 0 Å². The summed E-state index contributed by atoms with van der Waals surface area (Å²) >= 11 is 0. The summed E-state index contributed by atoms with van der Waals surface area (Å²) in [5, 5.41) is 0. The van der Waals surface area contributed by atoms with Crippen LogP contribution in [0.15, 0.2) is 12.2 Å². The summed E-state index contributed by atoms with van der Waals surface area (Å²) < 4.78 is 10.4. The van der Waals surface area contributed by atoms with Gasteiger partial charge in [-0.2, -0.15) is 0 Å². The van der Waals surface area contributed by atoms with Crippen molar-refractivity contribution in [2.45, 2.75) is 19.3 Å². The average molecular weight is 153 g/mol. The SMILES string of the molecule is O=[P+]=CC12C=CC(CC1)C2. The summed E-state index contributed by atoms with van der Waals surface area (Å²) in [6.45, 7) is 0. The zero-order chi connectivity index (χ0) is 7.03. The maximum atomic E-state index is 10.4. The van der Waals surface area contributed by atoms with Crippen LogP contribution in [-0.4, -0.2) is 5.80 Å². The Morgan fingerprint density at radius 2 is 2.60 bits per heavy atom. The molecule has 0 heterocycles. The van der Waals surface area contributed by atoms with Crippen LogP contribution in [0.4, 0.5) is 0 Å². The molecule has 10 heavy (non-hydrogen) atoms. The normalized spacial score (nSPS) is 42.2. The molecular weight excluding hydrogens is 143 g/mol. The molecule has 0 aliphatic heterocycles. The molecule has 0 N–H and O–H groups in total. The van der Waals surface area contributed by atoms with Crippen LogP contribution in [0.3, 0.4) is 0 Å². The van der Waals surface area contributed by atoms with E-state index < -0.39 is 0 Å². The molecule has 2 aliphatic carbocycles. The van der Waals surface area contributed by atoms with Crippen molar-refractivity contribution in [3.8, 4) is 0 Å². The number of hydrogen-bond acceptors (Lipinski definition) is 1. The molecule has 1 nitrogen and oxygen atoms in total. The second-order valence-electron chi connectivity index (χ2n) is 3.33. The van der Waals surface area contributed by atoms with E-state index >= 15 is 0 Å². The number of hydrogen-bond donors (Lipinski definition) is 0. The molecule has 2 unspecified atom stereocenters. The van der Waals surface area contributed by atoms with Gasteiger partial charge in [-0.3, -0.25) is 0 Å². The molecule has 2 bridgehead atoms.